The van der Waals surface area contributed by atoms with Gasteiger partial charge in [-0.3, -0.25) is 4.79 Å². The van der Waals surface area contributed by atoms with Crippen LogP contribution < -0.4 is 20.1 Å². The molecule has 2 rings (SSSR count). The summed E-state index contributed by atoms with van der Waals surface area (Å²) in [5.74, 6) is 1.41. The molecular formula is C18H29ClN2O4. The molecule has 1 aliphatic carbocycles. The van der Waals surface area contributed by atoms with E-state index in [1.54, 1.807) is 14.2 Å². The van der Waals surface area contributed by atoms with Crippen molar-refractivity contribution in [1.82, 2.24) is 10.6 Å². The number of benzene rings is 1. The Morgan fingerprint density at radius 2 is 2.00 bits per heavy atom. The van der Waals surface area contributed by atoms with Gasteiger partial charge in [0.1, 0.15) is 0 Å². The Kier molecular flexibility index (Phi) is 10.3. The Bertz CT molecular complexity index is 522. The fourth-order valence-electron chi connectivity index (χ4n) is 2.80. The number of hydrogen-bond acceptors (Lipinski definition) is 5. The highest BCUT2D eigenvalue weighted by atomic mass is 35.5. The highest BCUT2D eigenvalue weighted by Crippen LogP contribution is 2.34. The van der Waals surface area contributed by atoms with Crippen LogP contribution in [-0.2, 0) is 16.1 Å². The van der Waals surface area contributed by atoms with Crippen LogP contribution in [0.2, 0.25) is 0 Å². The van der Waals surface area contributed by atoms with Gasteiger partial charge < -0.3 is 24.8 Å². The molecule has 0 unspecified atom stereocenters. The zero-order chi connectivity index (χ0) is 17.2. The van der Waals surface area contributed by atoms with E-state index in [1.807, 2.05) is 18.2 Å². The third-order valence-corrected chi connectivity index (χ3v) is 4.11. The van der Waals surface area contributed by atoms with Crippen molar-refractivity contribution in [3.8, 4) is 11.5 Å². The average molecular weight is 373 g/mol. The first-order valence-electron chi connectivity index (χ1n) is 8.53. The summed E-state index contributed by atoms with van der Waals surface area (Å²) < 4.78 is 16.5. The molecule has 1 aromatic carbocycles. The molecule has 1 aromatic rings. The fraction of sp³-hybridized carbons (Fsp3) is 0.611. The van der Waals surface area contributed by atoms with E-state index in [2.05, 4.69) is 10.6 Å². The third kappa shape index (κ3) is 7.10. The molecule has 0 aromatic heterocycles. The Balaban J connectivity index is 0.00000312. The quantitative estimate of drug-likeness (QED) is 0.617. The van der Waals surface area contributed by atoms with Crippen molar-refractivity contribution in [3.63, 3.8) is 0 Å². The van der Waals surface area contributed by atoms with E-state index < -0.39 is 0 Å². The minimum Gasteiger partial charge on any atom is -0.493 e. The topological polar surface area (TPSA) is 68.8 Å². The summed E-state index contributed by atoms with van der Waals surface area (Å²) >= 11 is 0. The SMILES string of the molecule is COCCNCC(=O)NCc1cccc(OC)c1OC1CCCC1.Cl. The monoisotopic (exact) mass is 372 g/mol. The lowest BCUT2D eigenvalue weighted by molar-refractivity contribution is -0.120. The van der Waals surface area contributed by atoms with Crippen molar-refractivity contribution in [2.24, 2.45) is 0 Å². The van der Waals surface area contributed by atoms with Gasteiger partial charge in [0.15, 0.2) is 11.5 Å². The van der Waals surface area contributed by atoms with Crippen molar-refractivity contribution < 1.29 is 19.0 Å². The molecule has 0 heterocycles. The Labute approximate surface area is 156 Å². The van der Waals surface area contributed by atoms with E-state index >= 15 is 0 Å². The molecular weight excluding hydrogens is 344 g/mol. The Morgan fingerprint density at radius 3 is 2.68 bits per heavy atom. The number of rotatable bonds is 10. The summed E-state index contributed by atoms with van der Waals surface area (Å²) in [5.41, 5.74) is 0.937. The van der Waals surface area contributed by atoms with Gasteiger partial charge in [0.25, 0.3) is 0 Å². The first-order valence-corrected chi connectivity index (χ1v) is 8.53. The standard InChI is InChI=1S/C18H28N2O4.ClH/c1-22-11-10-19-13-17(21)20-12-14-6-5-9-16(23-2)18(14)24-15-7-3-4-8-15;/h5-6,9,15,19H,3-4,7-8,10-13H2,1-2H3,(H,20,21);1H. The van der Waals surface area contributed by atoms with Crippen LogP contribution in [0.3, 0.4) is 0 Å². The zero-order valence-corrected chi connectivity index (χ0v) is 15.8. The second kappa shape index (κ2) is 12.0. The average Bonchev–Trinajstić information content (AvgIpc) is 3.11. The predicted molar refractivity (Wildman–Crippen MR) is 99.7 cm³/mol. The van der Waals surface area contributed by atoms with E-state index in [9.17, 15) is 4.79 Å². The molecule has 0 atom stereocenters. The van der Waals surface area contributed by atoms with Crippen LogP contribution in [0, 0.1) is 0 Å². The molecule has 0 aliphatic heterocycles. The maximum atomic E-state index is 11.9. The Hall–Kier alpha value is -1.50. The fourth-order valence-corrected chi connectivity index (χ4v) is 2.80. The molecule has 0 bridgehead atoms. The van der Waals surface area contributed by atoms with Crippen molar-refractivity contribution >= 4 is 18.3 Å². The summed E-state index contributed by atoms with van der Waals surface area (Å²) in [6.45, 7) is 1.93. The van der Waals surface area contributed by atoms with Crippen molar-refractivity contribution in [1.29, 1.82) is 0 Å². The summed E-state index contributed by atoms with van der Waals surface area (Å²) in [6, 6.07) is 5.77. The van der Waals surface area contributed by atoms with Crippen LogP contribution in [0.15, 0.2) is 18.2 Å². The lowest BCUT2D eigenvalue weighted by Gasteiger charge is -2.19. The number of para-hydroxylation sites is 1. The number of ether oxygens (including phenoxy) is 3. The molecule has 0 spiro atoms. The van der Waals surface area contributed by atoms with E-state index in [0.29, 0.717) is 25.4 Å². The third-order valence-electron chi connectivity index (χ3n) is 4.11. The molecule has 1 fully saturated rings. The molecule has 2 N–H and O–H groups in total. The number of halogens is 1. The number of hydrogen-bond donors (Lipinski definition) is 2. The summed E-state index contributed by atoms with van der Waals surface area (Å²) in [4.78, 5) is 11.9. The second-order valence-electron chi connectivity index (χ2n) is 5.92. The summed E-state index contributed by atoms with van der Waals surface area (Å²) in [6.07, 6.45) is 4.81. The number of carbonyl (C=O) groups is 1. The van der Waals surface area contributed by atoms with Crippen molar-refractivity contribution in [2.75, 3.05) is 33.9 Å². The van der Waals surface area contributed by atoms with Gasteiger partial charge in [0.2, 0.25) is 5.91 Å². The van der Waals surface area contributed by atoms with Gasteiger partial charge in [-0.1, -0.05) is 12.1 Å². The smallest absolute Gasteiger partial charge is 0.234 e. The number of carbonyl (C=O) groups excluding carboxylic acids is 1. The molecule has 1 saturated carbocycles. The van der Waals surface area contributed by atoms with Gasteiger partial charge >= 0.3 is 0 Å². The first-order chi connectivity index (χ1) is 11.7. The normalized spacial score (nSPS) is 14.0. The number of nitrogens with one attached hydrogen (secondary N) is 2. The largest absolute Gasteiger partial charge is 0.493 e. The van der Waals surface area contributed by atoms with E-state index in [1.165, 1.54) is 12.8 Å². The van der Waals surface area contributed by atoms with Gasteiger partial charge in [0, 0.05) is 25.8 Å². The summed E-state index contributed by atoms with van der Waals surface area (Å²) in [5, 5.41) is 5.94. The van der Waals surface area contributed by atoms with Crippen LogP contribution in [-0.4, -0.2) is 45.9 Å². The van der Waals surface area contributed by atoms with Crippen LogP contribution in [0.5, 0.6) is 11.5 Å². The molecule has 6 nitrogen and oxygen atoms in total. The van der Waals surface area contributed by atoms with Gasteiger partial charge in [-0.15, -0.1) is 12.4 Å². The maximum Gasteiger partial charge on any atom is 0.234 e. The van der Waals surface area contributed by atoms with Gasteiger partial charge in [0.05, 0.1) is 26.4 Å². The van der Waals surface area contributed by atoms with Gasteiger partial charge in [-0.05, 0) is 31.7 Å². The van der Waals surface area contributed by atoms with Crippen molar-refractivity contribution in [3.05, 3.63) is 23.8 Å². The lowest BCUT2D eigenvalue weighted by Crippen LogP contribution is -2.35. The van der Waals surface area contributed by atoms with Crippen molar-refractivity contribution in [2.45, 2.75) is 38.3 Å². The molecule has 142 valence electrons. The zero-order valence-electron chi connectivity index (χ0n) is 15.0. The molecule has 0 radical (unpaired) electrons. The lowest BCUT2D eigenvalue weighted by atomic mass is 10.1. The van der Waals surface area contributed by atoms with Crippen LogP contribution in [0.4, 0.5) is 0 Å². The van der Waals surface area contributed by atoms with Gasteiger partial charge in [-0.2, -0.15) is 0 Å². The highest BCUT2D eigenvalue weighted by molar-refractivity contribution is 5.85. The van der Waals surface area contributed by atoms with Gasteiger partial charge in [-0.25, -0.2) is 0 Å². The molecule has 1 amide bonds. The predicted octanol–water partition coefficient (Wildman–Crippen LogP) is 2.29. The van der Waals surface area contributed by atoms with Crippen LogP contribution in [0.1, 0.15) is 31.2 Å². The second-order valence-corrected chi connectivity index (χ2v) is 5.92. The Morgan fingerprint density at radius 1 is 1.24 bits per heavy atom. The summed E-state index contributed by atoms with van der Waals surface area (Å²) in [7, 11) is 3.27. The highest BCUT2D eigenvalue weighted by Gasteiger charge is 2.20. The first kappa shape index (κ1) is 21.5. The van der Waals surface area contributed by atoms with E-state index in [4.69, 9.17) is 14.2 Å². The molecule has 7 heteroatoms. The maximum absolute atomic E-state index is 11.9. The van der Waals surface area contributed by atoms with Crippen LogP contribution >= 0.6 is 12.4 Å². The number of amides is 1. The molecule has 1 aliphatic rings. The van der Waals surface area contributed by atoms with Crippen LogP contribution in [0.25, 0.3) is 0 Å². The minimum absolute atomic E-state index is 0. The number of methoxy groups -OCH3 is 2. The van der Waals surface area contributed by atoms with E-state index in [-0.39, 0.29) is 31.0 Å². The van der Waals surface area contributed by atoms with E-state index in [0.717, 1.165) is 24.2 Å². The molecule has 0 saturated heterocycles. The molecule has 25 heavy (non-hydrogen) atoms. The minimum atomic E-state index is -0.0549.